The molecular weight excluding hydrogens is 174 g/mol. The van der Waals surface area contributed by atoms with Gasteiger partial charge in [0.05, 0.1) is 12.4 Å². The van der Waals surface area contributed by atoms with Crippen molar-refractivity contribution < 1.29 is 9.90 Å². The van der Waals surface area contributed by atoms with Gasteiger partial charge in [-0.05, 0) is 0 Å². The molecule has 1 atom stereocenters. The summed E-state index contributed by atoms with van der Waals surface area (Å²) in [6.45, 7) is 5.98. The number of amides is 1. The summed E-state index contributed by atoms with van der Waals surface area (Å²) in [5.74, 6) is 0.385. The molecule has 0 aliphatic rings. The summed E-state index contributed by atoms with van der Waals surface area (Å²) in [5.41, 5.74) is 0. The maximum atomic E-state index is 11.0. The fraction of sp³-hybridized carbons (Fsp3) is 0.625. The van der Waals surface area contributed by atoms with Crippen LogP contribution >= 0.6 is 11.8 Å². The summed E-state index contributed by atoms with van der Waals surface area (Å²) >= 11 is 1.44. The van der Waals surface area contributed by atoms with Crippen LogP contribution in [0.4, 0.5) is 0 Å². The molecule has 0 bridgehead atoms. The molecule has 3 nitrogen and oxygen atoms in total. The Morgan fingerprint density at radius 1 is 1.83 bits per heavy atom. The summed E-state index contributed by atoms with van der Waals surface area (Å²) in [7, 11) is 0. The van der Waals surface area contributed by atoms with Crippen molar-refractivity contribution in [3.8, 4) is 0 Å². The van der Waals surface area contributed by atoms with Gasteiger partial charge < -0.3 is 10.4 Å². The molecule has 0 spiro atoms. The van der Waals surface area contributed by atoms with Gasteiger partial charge in [0.15, 0.2) is 0 Å². The van der Waals surface area contributed by atoms with E-state index >= 15 is 0 Å². The lowest BCUT2D eigenvalue weighted by Gasteiger charge is -2.06. The van der Waals surface area contributed by atoms with Crippen molar-refractivity contribution in [3.05, 3.63) is 12.7 Å². The zero-order valence-corrected chi connectivity index (χ0v) is 8.06. The van der Waals surface area contributed by atoms with E-state index in [-0.39, 0.29) is 17.8 Å². The molecule has 0 aromatic rings. The number of hydrogen-bond donors (Lipinski definition) is 2. The van der Waals surface area contributed by atoms with Crippen molar-refractivity contribution in [2.24, 2.45) is 0 Å². The maximum absolute atomic E-state index is 11.0. The summed E-state index contributed by atoms with van der Waals surface area (Å²) < 4.78 is 0. The van der Waals surface area contributed by atoms with E-state index in [1.54, 1.807) is 6.08 Å². The Morgan fingerprint density at radius 2 is 2.50 bits per heavy atom. The highest BCUT2D eigenvalue weighted by Gasteiger charge is 2.04. The first-order chi connectivity index (χ1) is 5.70. The zero-order chi connectivity index (χ0) is 9.40. The van der Waals surface area contributed by atoms with Crippen molar-refractivity contribution in [2.75, 3.05) is 18.9 Å². The van der Waals surface area contributed by atoms with Crippen LogP contribution in [0.25, 0.3) is 0 Å². The summed E-state index contributed by atoms with van der Waals surface area (Å²) in [6, 6.07) is 0. The van der Waals surface area contributed by atoms with Crippen LogP contribution in [-0.4, -0.2) is 35.2 Å². The van der Waals surface area contributed by atoms with Crippen LogP contribution in [0.1, 0.15) is 6.92 Å². The van der Waals surface area contributed by atoms with Crippen LogP contribution in [0, 0.1) is 0 Å². The largest absolute Gasteiger partial charge is 0.395 e. The highest BCUT2D eigenvalue weighted by atomic mass is 32.2. The minimum atomic E-state index is -0.0137. The maximum Gasteiger partial charge on any atom is 0.230 e. The highest BCUT2D eigenvalue weighted by molar-refractivity contribution is 8.00. The molecule has 0 rings (SSSR count). The third kappa shape index (κ3) is 6.24. The summed E-state index contributed by atoms with van der Waals surface area (Å²) in [6.07, 6.45) is 1.64. The number of aliphatic hydroxyl groups is 1. The molecule has 0 saturated heterocycles. The SMILES string of the molecule is C=CCNC(=O)CSC(C)CO. The number of aliphatic hydroxyl groups excluding tert-OH is 1. The quantitative estimate of drug-likeness (QED) is 0.595. The summed E-state index contributed by atoms with van der Waals surface area (Å²) in [4.78, 5) is 11.0. The first-order valence-electron chi connectivity index (χ1n) is 3.80. The second-order valence-electron chi connectivity index (χ2n) is 2.40. The van der Waals surface area contributed by atoms with Crippen LogP contribution in [0.5, 0.6) is 0 Å². The molecule has 12 heavy (non-hydrogen) atoms. The monoisotopic (exact) mass is 189 g/mol. The van der Waals surface area contributed by atoms with Gasteiger partial charge in [0, 0.05) is 11.8 Å². The third-order valence-corrected chi connectivity index (χ3v) is 2.35. The van der Waals surface area contributed by atoms with E-state index < -0.39 is 0 Å². The number of hydrogen-bond acceptors (Lipinski definition) is 3. The van der Waals surface area contributed by atoms with Crippen LogP contribution in [0.2, 0.25) is 0 Å². The summed E-state index contributed by atoms with van der Waals surface area (Å²) in [5, 5.41) is 11.4. The van der Waals surface area contributed by atoms with E-state index in [0.29, 0.717) is 12.3 Å². The van der Waals surface area contributed by atoms with E-state index in [0.717, 1.165) is 0 Å². The Bertz CT molecular complexity index is 150. The number of carbonyl (C=O) groups is 1. The minimum absolute atomic E-state index is 0.0137. The fourth-order valence-electron chi connectivity index (χ4n) is 0.508. The molecule has 0 radical (unpaired) electrons. The normalized spacial score (nSPS) is 12.2. The molecule has 0 aromatic heterocycles. The van der Waals surface area contributed by atoms with Gasteiger partial charge in [-0.3, -0.25) is 4.79 Å². The average Bonchev–Trinajstić information content (AvgIpc) is 2.10. The fourth-order valence-corrected chi connectivity index (χ4v) is 1.15. The molecule has 0 aliphatic carbocycles. The molecule has 0 aliphatic heterocycles. The molecule has 70 valence electrons. The van der Waals surface area contributed by atoms with Gasteiger partial charge in [-0.15, -0.1) is 18.3 Å². The Hall–Kier alpha value is -0.480. The van der Waals surface area contributed by atoms with Crippen molar-refractivity contribution >= 4 is 17.7 Å². The lowest BCUT2D eigenvalue weighted by molar-refractivity contribution is -0.118. The minimum Gasteiger partial charge on any atom is -0.395 e. The van der Waals surface area contributed by atoms with Gasteiger partial charge in [-0.2, -0.15) is 0 Å². The molecule has 2 N–H and O–H groups in total. The highest BCUT2D eigenvalue weighted by Crippen LogP contribution is 2.07. The van der Waals surface area contributed by atoms with E-state index in [2.05, 4.69) is 11.9 Å². The Kier molecular flexibility index (Phi) is 6.90. The second-order valence-corrected chi connectivity index (χ2v) is 3.82. The number of nitrogens with one attached hydrogen (secondary N) is 1. The van der Waals surface area contributed by atoms with E-state index in [1.165, 1.54) is 11.8 Å². The molecule has 0 aromatic carbocycles. The average molecular weight is 189 g/mol. The number of carbonyl (C=O) groups excluding carboxylic acids is 1. The predicted octanol–water partition coefficient (Wildman–Crippen LogP) is 0.403. The molecular formula is C8H15NO2S. The number of thioether (sulfide) groups is 1. The number of rotatable bonds is 6. The van der Waals surface area contributed by atoms with Crippen molar-refractivity contribution in [1.82, 2.24) is 5.32 Å². The van der Waals surface area contributed by atoms with Crippen LogP contribution in [0.15, 0.2) is 12.7 Å². The standard InChI is InChI=1S/C8H15NO2S/c1-3-4-9-8(11)6-12-7(2)5-10/h3,7,10H,1,4-6H2,2H3,(H,9,11). The Labute approximate surface area is 77.2 Å². The third-order valence-electron chi connectivity index (χ3n) is 1.20. The van der Waals surface area contributed by atoms with E-state index in [4.69, 9.17) is 5.11 Å². The van der Waals surface area contributed by atoms with Gasteiger partial charge in [-0.1, -0.05) is 13.0 Å². The molecule has 0 heterocycles. The lowest BCUT2D eigenvalue weighted by atomic mass is 10.5. The zero-order valence-electron chi connectivity index (χ0n) is 7.25. The molecule has 4 heteroatoms. The van der Waals surface area contributed by atoms with Gasteiger partial charge in [-0.25, -0.2) is 0 Å². The van der Waals surface area contributed by atoms with Gasteiger partial charge in [0.1, 0.15) is 0 Å². The Balaban J connectivity index is 3.36. The van der Waals surface area contributed by atoms with Crippen molar-refractivity contribution in [3.63, 3.8) is 0 Å². The van der Waals surface area contributed by atoms with Crippen molar-refractivity contribution in [1.29, 1.82) is 0 Å². The van der Waals surface area contributed by atoms with Crippen LogP contribution in [-0.2, 0) is 4.79 Å². The van der Waals surface area contributed by atoms with E-state index in [9.17, 15) is 4.79 Å². The topological polar surface area (TPSA) is 49.3 Å². The molecule has 0 fully saturated rings. The van der Waals surface area contributed by atoms with Crippen LogP contribution in [0.3, 0.4) is 0 Å². The van der Waals surface area contributed by atoms with Gasteiger partial charge in [0.2, 0.25) is 5.91 Å². The van der Waals surface area contributed by atoms with Gasteiger partial charge >= 0.3 is 0 Å². The lowest BCUT2D eigenvalue weighted by Crippen LogP contribution is -2.26. The van der Waals surface area contributed by atoms with E-state index in [1.807, 2.05) is 6.92 Å². The van der Waals surface area contributed by atoms with Gasteiger partial charge in [0.25, 0.3) is 0 Å². The smallest absolute Gasteiger partial charge is 0.230 e. The van der Waals surface area contributed by atoms with Crippen LogP contribution < -0.4 is 5.32 Å². The molecule has 0 saturated carbocycles. The predicted molar refractivity (Wildman–Crippen MR) is 52.2 cm³/mol. The first-order valence-corrected chi connectivity index (χ1v) is 4.85. The Morgan fingerprint density at radius 3 is 3.00 bits per heavy atom. The molecule has 1 unspecified atom stereocenters. The second kappa shape index (κ2) is 7.18. The van der Waals surface area contributed by atoms with Crippen molar-refractivity contribution in [2.45, 2.75) is 12.2 Å². The molecule has 1 amide bonds. The first kappa shape index (κ1) is 11.5.